The van der Waals surface area contributed by atoms with Crippen molar-refractivity contribution < 1.29 is 9.47 Å². The first-order valence-corrected chi connectivity index (χ1v) is 10.6. The predicted molar refractivity (Wildman–Crippen MR) is 120 cm³/mol. The van der Waals surface area contributed by atoms with Crippen LogP contribution in [0.25, 0.3) is 22.3 Å². The van der Waals surface area contributed by atoms with E-state index in [0.717, 1.165) is 41.6 Å². The van der Waals surface area contributed by atoms with Crippen LogP contribution in [0, 0.1) is 0 Å². The molecule has 2 aromatic heterocycles. The van der Waals surface area contributed by atoms with Gasteiger partial charge < -0.3 is 15.2 Å². The van der Waals surface area contributed by atoms with Crippen LogP contribution in [0.3, 0.4) is 0 Å². The molecule has 2 N–H and O–H groups in total. The van der Waals surface area contributed by atoms with Crippen molar-refractivity contribution in [1.29, 1.82) is 0 Å². The molecule has 1 aliphatic rings. The summed E-state index contributed by atoms with van der Waals surface area (Å²) >= 11 is 0. The molecule has 31 heavy (non-hydrogen) atoms. The molecule has 0 bridgehead atoms. The number of methoxy groups -OCH3 is 1. The number of benzene rings is 2. The molecule has 0 radical (unpaired) electrons. The van der Waals surface area contributed by atoms with Gasteiger partial charge in [-0.15, -0.1) is 0 Å². The van der Waals surface area contributed by atoms with Crippen LogP contribution in [0.15, 0.2) is 48.8 Å². The second-order valence-electron chi connectivity index (χ2n) is 7.71. The maximum Gasteiger partial charge on any atom is 0.164 e. The Morgan fingerprint density at radius 3 is 2.74 bits per heavy atom. The lowest BCUT2D eigenvalue weighted by Crippen LogP contribution is -2.20. The highest BCUT2D eigenvalue weighted by molar-refractivity contribution is 5.98. The summed E-state index contributed by atoms with van der Waals surface area (Å²) in [4.78, 5) is 8.80. The summed E-state index contributed by atoms with van der Waals surface area (Å²) < 4.78 is 13.2. The summed E-state index contributed by atoms with van der Waals surface area (Å²) in [6.45, 7) is 2.51. The zero-order chi connectivity index (χ0) is 21.4. The summed E-state index contributed by atoms with van der Waals surface area (Å²) in [5.41, 5.74) is 11.5. The number of anilines is 1. The van der Waals surface area contributed by atoms with Crippen molar-refractivity contribution in [3.8, 4) is 22.8 Å². The minimum atomic E-state index is 0.213. The van der Waals surface area contributed by atoms with Gasteiger partial charge in [0.2, 0.25) is 0 Å². The molecule has 158 valence electrons. The molecule has 0 saturated heterocycles. The highest BCUT2D eigenvalue weighted by Gasteiger charge is 2.26. The summed E-state index contributed by atoms with van der Waals surface area (Å²) in [7, 11) is 1.63. The lowest BCUT2D eigenvalue weighted by molar-refractivity contribution is 0.311. The van der Waals surface area contributed by atoms with Crippen molar-refractivity contribution >= 4 is 16.9 Å². The summed E-state index contributed by atoms with van der Waals surface area (Å²) in [6, 6.07) is 14.6. The molecule has 0 amide bonds. The number of hydrogen-bond donors (Lipinski definition) is 1. The van der Waals surface area contributed by atoms with Crippen LogP contribution in [-0.2, 0) is 12.8 Å². The Kier molecular flexibility index (Phi) is 4.94. The number of fused-ring (bicyclic) bond motifs is 2. The van der Waals surface area contributed by atoms with Crippen LogP contribution >= 0.6 is 0 Å². The Labute approximate surface area is 180 Å². The molecular weight excluding hydrogens is 390 g/mol. The number of hydrogen-bond acceptors (Lipinski definition) is 6. The van der Waals surface area contributed by atoms with Gasteiger partial charge in [0.25, 0.3) is 0 Å². The average Bonchev–Trinajstić information content (AvgIpc) is 3.20. The third-order valence-corrected chi connectivity index (χ3v) is 5.92. The van der Waals surface area contributed by atoms with E-state index in [1.54, 1.807) is 7.11 Å². The summed E-state index contributed by atoms with van der Waals surface area (Å²) in [6.07, 6.45) is 4.46. The largest absolute Gasteiger partial charge is 0.493 e. The molecule has 0 aliphatic heterocycles. The van der Waals surface area contributed by atoms with Crippen molar-refractivity contribution in [1.82, 2.24) is 19.7 Å². The number of nitrogen functional groups attached to an aromatic ring is 1. The molecule has 1 unspecified atom stereocenters. The number of ether oxygens (including phenoxy) is 2. The van der Waals surface area contributed by atoms with E-state index in [-0.39, 0.29) is 6.04 Å². The van der Waals surface area contributed by atoms with E-state index in [1.165, 1.54) is 17.5 Å². The minimum absolute atomic E-state index is 0.213. The van der Waals surface area contributed by atoms with E-state index in [1.807, 2.05) is 29.8 Å². The molecule has 5 rings (SSSR count). The Hall–Kier alpha value is -3.61. The van der Waals surface area contributed by atoms with Crippen LogP contribution in [0.4, 0.5) is 5.82 Å². The number of aromatic nitrogens is 4. The van der Waals surface area contributed by atoms with Gasteiger partial charge in [0, 0.05) is 5.56 Å². The Morgan fingerprint density at radius 1 is 1.10 bits per heavy atom. The maximum atomic E-state index is 6.30. The second kappa shape index (κ2) is 7.91. The number of rotatable bonds is 5. The van der Waals surface area contributed by atoms with E-state index in [4.69, 9.17) is 20.3 Å². The molecule has 7 heteroatoms. The van der Waals surface area contributed by atoms with Gasteiger partial charge in [-0.05, 0) is 55.5 Å². The molecular formula is C24H25N5O2. The van der Waals surface area contributed by atoms with Crippen molar-refractivity contribution in [3.05, 3.63) is 59.9 Å². The van der Waals surface area contributed by atoms with Gasteiger partial charge in [0.05, 0.1) is 25.1 Å². The third kappa shape index (κ3) is 3.36. The first-order chi connectivity index (χ1) is 15.2. The lowest BCUT2D eigenvalue weighted by Gasteiger charge is -2.25. The first-order valence-electron chi connectivity index (χ1n) is 10.6. The van der Waals surface area contributed by atoms with E-state index in [2.05, 4.69) is 34.2 Å². The molecule has 4 aromatic rings. The first kappa shape index (κ1) is 19.4. The lowest BCUT2D eigenvalue weighted by atomic mass is 9.88. The van der Waals surface area contributed by atoms with Gasteiger partial charge in [-0.1, -0.05) is 24.3 Å². The van der Waals surface area contributed by atoms with E-state index >= 15 is 0 Å². The van der Waals surface area contributed by atoms with Crippen LogP contribution in [0.1, 0.15) is 30.5 Å². The highest BCUT2D eigenvalue weighted by atomic mass is 16.5. The van der Waals surface area contributed by atoms with Crippen LogP contribution in [0.2, 0.25) is 0 Å². The number of nitrogens with two attached hydrogens (primary N) is 1. The zero-order valence-electron chi connectivity index (χ0n) is 17.7. The monoisotopic (exact) mass is 415 g/mol. The molecule has 1 atom stereocenters. The Morgan fingerprint density at radius 2 is 1.94 bits per heavy atom. The SMILES string of the molecule is CCOc1ccc(-c2nn(C3CCc4ccccc4C3)c3ncnc(N)c23)cc1OC. The smallest absolute Gasteiger partial charge is 0.164 e. The Bertz CT molecular complexity index is 1250. The fraction of sp³-hybridized carbons (Fsp3) is 0.292. The molecule has 0 spiro atoms. The topological polar surface area (TPSA) is 88.1 Å². The molecule has 0 saturated carbocycles. The van der Waals surface area contributed by atoms with Crippen LogP contribution < -0.4 is 15.2 Å². The molecule has 1 aliphatic carbocycles. The van der Waals surface area contributed by atoms with Gasteiger partial charge in [-0.25, -0.2) is 14.6 Å². The summed E-state index contributed by atoms with van der Waals surface area (Å²) in [5.74, 6) is 1.78. The highest BCUT2D eigenvalue weighted by Crippen LogP contribution is 2.38. The van der Waals surface area contributed by atoms with Gasteiger partial charge in [0.1, 0.15) is 17.8 Å². The standard InChI is InChI=1S/C24H25N5O2/c1-3-31-19-11-9-17(13-20(19)30-2)22-21-23(25)26-14-27-24(21)29(28-22)18-10-8-15-6-4-5-7-16(15)12-18/h4-7,9,11,13-14,18H,3,8,10,12H2,1-2H3,(H2,25,26,27). The summed E-state index contributed by atoms with van der Waals surface area (Å²) in [5, 5.41) is 5.78. The van der Waals surface area contributed by atoms with Gasteiger partial charge in [-0.3, -0.25) is 0 Å². The molecule has 2 heterocycles. The predicted octanol–water partition coefficient (Wildman–Crippen LogP) is 4.21. The van der Waals surface area contributed by atoms with Gasteiger partial charge in [0.15, 0.2) is 17.1 Å². The van der Waals surface area contributed by atoms with Gasteiger partial charge >= 0.3 is 0 Å². The molecule has 7 nitrogen and oxygen atoms in total. The Balaban J connectivity index is 1.63. The van der Waals surface area contributed by atoms with E-state index < -0.39 is 0 Å². The molecule has 0 fully saturated rings. The average molecular weight is 415 g/mol. The maximum absolute atomic E-state index is 6.30. The van der Waals surface area contributed by atoms with Crippen molar-refractivity contribution in [3.63, 3.8) is 0 Å². The number of aryl methyl sites for hydroxylation is 1. The normalized spacial score (nSPS) is 15.6. The van der Waals surface area contributed by atoms with Crippen LogP contribution in [-0.4, -0.2) is 33.5 Å². The van der Waals surface area contributed by atoms with Crippen molar-refractivity contribution in [2.24, 2.45) is 0 Å². The van der Waals surface area contributed by atoms with Crippen molar-refractivity contribution in [2.75, 3.05) is 19.5 Å². The number of nitrogens with zero attached hydrogens (tertiary/aromatic N) is 4. The van der Waals surface area contributed by atoms with Crippen molar-refractivity contribution in [2.45, 2.75) is 32.2 Å². The molecule has 2 aromatic carbocycles. The zero-order valence-corrected chi connectivity index (χ0v) is 17.7. The fourth-order valence-electron chi connectivity index (χ4n) is 4.43. The fourth-order valence-corrected chi connectivity index (χ4v) is 4.43. The van der Waals surface area contributed by atoms with Gasteiger partial charge in [-0.2, -0.15) is 5.10 Å². The third-order valence-electron chi connectivity index (χ3n) is 5.92. The van der Waals surface area contributed by atoms with Crippen LogP contribution in [0.5, 0.6) is 11.5 Å². The minimum Gasteiger partial charge on any atom is -0.493 e. The van der Waals surface area contributed by atoms with E-state index in [0.29, 0.717) is 23.9 Å². The second-order valence-corrected chi connectivity index (χ2v) is 7.71. The quantitative estimate of drug-likeness (QED) is 0.525. The van der Waals surface area contributed by atoms with E-state index in [9.17, 15) is 0 Å².